The lowest BCUT2D eigenvalue weighted by Gasteiger charge is -2.35. The first kappa shape index (κ1) is 21.1. The third-order valence-corrected chi connectivity index (χ3v) is 5.66. The molecule has 3 aliphatic rings. The summed E-state index contributed by atoms with van der Waals surface area (Å²) in [5, 5.41) is 9.65. The number of piperazine rings is 1. The molecule has 4 rings (SSSR count). The fraction of sp³-hybridized carbons (Fsp3) is 0.400. The van der Waals surface area contributed by atoms with Gasteiger partial charge in [-0.15, -0.1) is 0 Å². The number of nitrogens with zero attached hydrogens (tertiary/aromatic N) is 4. The first-order chi connectivity index (χ1) is 14.8. The molecule has 31 heavy (non-hydrogen) atoms. The zero-order chi connectivity index (χ0) is 22.1. The third-order valence-electron chi connectivity index (χ3n) is 5.44. The van der Waals surface area contributed by atoms with Gasteiger partial charge in [-0.25, -0.2) is 14.4 Å². The lowest BCUT2D eigenvalue weighted by atomic mass is 10.0. The van der Waals surface area contributed by atoms with Crippen molar-refractivity contribution >= 4 is 34.8 Å². The van der Waals surface area contributed by atoms with Gasteiger partial charge < -0.3 is 25.8 Å². The molecule has 0 bridgehead atoms. The highest BCUT2D eigenvalue weighted by molar-refractivity contribution is 6.31. The van der Waals surface area contributed by atoms with Crippen LogP contribution in [0.1, 0.15) is 19.7 Å². The SMILES string of the molecule is CC(=O)N1CCN(C(=O)[C@@H](C)Nc2nc(C3=CNC4NC=C(Cl)C=C34)ncc2F)CC1. The molecule has 0 spiro atoms. The number of carbonyl (C=O) groups is 2. The lowest BCUT2D eigenvalue weighted by Crippen LogP contribution is -2.53. The number of carbonyl (C=O) groups excluding carboxylic acids is 2. The van der Waals surface area contributed by atoms with Crippen LogP contribution in [0.5, 0.6) is 0 Å². The van der Waals surface area contributed by atoms with Crippen molar-refractivity contribution in [3.63, 3.8) is 0 Å². The Hall–Kier alpha value is -3.14. The van der Waals surface area contributed by atoms with Crippen molar-refractivity contribution in [2.24, 2.45) is 0 Å². The predicted octanol–water partition coefficient (Wildman–Crippen LogP) is 0.987. The van der Waals surface area contributed by atoms with Gasteiger partial charge in [0.15, 0.2) is 17.5 Å². The number of allylic oxidation sites excluding steroid dienone is 2. The largest absolute Gasteiger partial charge is 0.367 e. The first-order valence-electron chi connectivity index (χ1n) is 9.97. The van der Waals surface area contributed by atoms with Crippen LogP contribution in [0.4, 0.5) is 10.2 Å². The zero-order valence-electron chi connectivity index (χ0n) is 17.2. The molecule has 0 radical (unpaired) electrons. The van der Waals surface area contributed by atoms with Gasteiger partial charge in [-0.05, 0) is 13.0 Å². The van der Waals surface area contributed by atoms with E-state index in [9.17, 15) is 14.0 Å². The number of aromatic nitrogens is 2. The number of amides is 2. The number of halogens is 2. The molecule has 1 aromatic rings. The Morgan fingerprint density at radius 1 is 1.23 bits per heavy atom. The van der Waals surface area contributed by atoms with Crippen LogP contribution in [0.3, 0.4) is 0 Å². The van der Waals surface area contributed by atoms with Gasteiger partial charge >= 0.3 is 0 Å². The van der Waals surface area contributed by atoms with E-state index in [1.165, 1.54) is 6.92 Å². The molecule has 0 aromatic carbocycles. The van der Waals surface area contributed by atoms with E-state index in [4.69, 9.17) is 11.6 Å². The van der Waals surface area contributed by atoms with Crippen LogP contribution in [-0.4, -0.2) is 70.0 Å². The van der Waals surface area contributed by atoms with E-state index in [0.29, 0.717) is 42.6 Å². The van der Waals surface area contributed by atoms with Crippen molar-refractivity contribution in [1.29, 1.82) is 0 Å². The van der Waals surface area contributed by atoms with E-state index in [0.717, 1.165) is 11.8 Å². The third kappa shape index (κ3) is 4.34. The van der Waals surface area contributed by atoms with Crippen LogP contribution < -0.4 is 16.0 Å². The Kier molecular flexibility index (Phi) is 5.81. The Morgan fingerprint density at radius 2 is 1.90 bits per heavy atom. The summed E-state index contributed by atoms with van der Waals surface area (Å²) in [7, 11) is 0. The molecule has 2 atom stereocenters. The summed E-state index contributed by atoms with van der Waals surface area (Å²) in [5.41, 5.74) is 1.53. The standard InChI is InChI=1S/C20H23ClFN7O2/c1-11(20(31)29-5-3-28(4-6-29)12(2)30)26-19-16(22)10-25-18(27-19)15-9-24-17-14(15)7-13(21)8-23-17/h7-11,17,23-24H,3-6H2,1-2H3,(H,25,26,27)/t11-,17?/m1/s1. The Morgan fingerprint density at radius 3 is 2.61 bits per heavy atom. The van der Waals surface area contributed by atoms with E-state index in [2.05, 4.69) is 25.9 Å². The minimum atomic E-state index is -0.697. The van der Waals surface area contributed by atoms with Crippen LogP contribution in [0, 0.1) is 5.82 Å². The number of hydrogen-bond acceptors (Lipinski definition) is 7. The van der Waals surface area contributed by atoms with Gasteiger partial charge in [0.1, 0.15) is 12.2 Å². The van der Waals surface area contributed by atoms with Gasteiger partial charge in [-0.3, -0.25) is 9.59 Å². The second kappa shape index (κ2) is 8.54. The molecule has 1 unspecified atom stereocenters. The molecule has 3 N–H and O–H groups in total. The maximum atomic E-state index is 14.4. The molecule has 0 saturated carbocycles. The van der Waals surface area contributed by atoms with Crippen molar-refractivity contribution in [2.75, 3.05) is 31.5 Å². The summed E-state index contributed by atoms with van der Waals surface area (Å²) >= 11 is 6.09. The van der Waals surface area contributed by atoms with E-state index >= 15 is 0 Å². The molecule has 9 nitrogen and oxygen atoms in total. The van der Waals surface area contributed by atoms with Crippen molar-refractivity contribution < 1.29 is 14.0 Å². The van der Waals surface area contributed by atoms with Crippen molar-refractivity contribution in [1.82, 2.24) is 30.4 Å². The first-order valence-corrected chi connectivity index (χ1v) is 10.3. The molecule has 1 saturated heterocycles. The molecule has 164 valence electrons. The topological polar surface area (TPSA) is 102 Å². The predicted molar refractivity (Wildman–Crippen MR) is 114 cm³/mol. The molecule has 1 fully saturated rings. The second-order valence-corrected chi connectivity index (χ2v) is 7.98. The van der Waals surface area contributed by atoms with E-state index < -0.39 is 11.9 Å². The van der Waals surface area contributed by atoms with Crippen LogP contribution in [0.2, 0.25) is 0 Å². The number of rotatable bonds is 4. The van der Waals surface area contributed by atoms with E-state index in [1.54, 1.807) is 35.2 Å². The fourth-order valence-electron chi connectivity index (χ4n) is 3.72. The fourth-order valence-corrected chi connectivity index (χ4v) is 3.90. The maximum absolute atomic E-state index is 14.4. The minimum absolute atomic E-state index is 0.00753. The van der Waals surface area contributed by atoms with Gasteiger partial charge in [0.25, 0.3) is 0 Å². The molecule has 3 aliphatic heterocycles. The van der Waals surface area contributed by atoms with Gasteiger partial charge in [0.2, 0.25) is 11.8 Å². The molecule has 1 aromatic heterocycles. The second-order valence-electron chi connectivity index (χ2n) is 7.54. The molecule has 0 aliphatic carbocycles. The zero-order valence-corrected chi connectivity index (χ0v) is 17.9. The van der Waals surface area contributed by atoms with Gasteiger partial charge in [0, 0.05) is 56.6 Å². The van der Waals surface area contributed by atoms with Crippen LogP contribution in [0.25, 0.3) is 5.57 Å². The Labute approximate surface area is 184 Å². The number of hydrogen-bond donors (Lipinski definition) is 3. The van der Waals surface area contributed by atoms with Crippen molar-refractivity contribution in [2.45, 2.75) is 26.1 Å². The van der Waals surface area contributed by atoms with E-state index in [-0.39, 0.29) is 23.8 Å². The van der Waals surface area contributed by atoms with Crippen LogP contribution in [-0.2, 0) is 9.59 Å². The van der Waals surface area contributed by atoms with Crippen LogP contribution in [0.15, 0.2) is 35.3 Å². The Balaban J connectivity index is 1.46. The number of anilines is 1. The average molecular weight is 448 g/mol. The molecular weight excluding hydrogens is 425 g/mol. The highest BCUT2D eigenvalue weighted by atomic mass is 35.5. The summed E-state index contributed by atoms with van der Waals surface area (Å²) in [6.45, 7) is 5.03. The van der Waals surface area contributed by atoms with Gasteiger partial charge in [0.05, 0.1) is 11.2 Å². The number of fused-ring (bicyclic) bond motifs is 1. The lowest BCUT2D eigenvalue weighted by molar-refractivity contribution is -0.138. The minimum Gasteiger partial charge on any atom is -0.367 e. The molecule has 4 heterocycles. The smallest absolute Gasteiger partial charge is 0.244 e. The summed E-state index contributed by atoms with van der Waals surface area (Å²) < 4.78 is 14.4. The summed E-state index contributed by atoms with van der Waals surface area (Å²) in [4.78, 5) is 36.0. The monoisotopic (exact) mass is 447 g/mol. The normalized spacial score (nSPS) is 21.2. The van der Waals surface area contributed by atoms with Gasteiger partial charge in [-0.2, -0.15) is 0 Å². The highest BCUT2D eigenvalue weighted by Crippen LogP contribution is 2.31. The molecular formula is C20H23ClFN7O2. The quantitative estimate of drug-likeness (QED) is 0.632. The maximum Gasteiger partial charge on any atom is 0.244 e. The summed E-state index contributed by atoms with van der Waals surface area (Å²) in [5.74, 6) is -0.578. The average Bonchev–Trinajstić information content (AvgIpc) is 3.17. The number of nitrogens with one attached hydrogen (secondary N) is 3. The van der Waals surface area contributed by atoms with Crippen molar-refractivity contribution in [3.8, 4) is 0 Å². The van der Waals surface area contributed by atoms with E-state index in [1.807, 2.05) is 0 Å². The molecule has 11 heteroatoms. The van der Waals surface area contributed by atoms with Crippen LogP contribution >= 0.6 is 11.6 Å². The number of dihydropyridines is 1. The summed E-state index contributed by atoms with van der Waals surface area (Å²) in [6.07, 6.45) is 6.14. The Bertz CT molecular complexity index is 1000. The highest BCUT2D eigenvalue weighted by Gasteiger charge is 2.29. The summed E-state index contributed by atoms with van der Waals surface area (Å²) in [6, 6.07) is -0.697. The van der Waals surface area contributed by atoms with Crippen molar-refractivity contribution in [3.05, 3.63) is 46.9 Å². The molecule has 2 amide bonds. The van der Waals surface area contributed by atoms with Gasteiger partial charge in [-0.1, -0.05) is 11.6 Å².